The van der Waals surface area contributed by atoms with Crippen molar-refractivity contribution in [3.05, 3.63) is 34.9 Å². The summed E-state index contributed by atoms with van der Waals surface area (Å²) in [5.74, 6) is 0. The second kappa shape index (κ2) is 8.48. The molecule has 0 heterocycles. The molecule has 0 bridgehead atoms. The Morgan fingerprint density at radius 3 is 2.44 bits per heavy atom. The van der Waals surface area contributed by atoms with Crippen molar-refractivity contribution in [3.8, 4) is 0 Å². The highest BCUT2D eigenvalue weighted by atomic mass is 35.5. The molecule has 0 aliphatic carbocycles. The fourth-order valence-corrected chi connectivity index (χ4v) is 1.90. The van der Waals surface area contributed by atoms with Gasteiger partial charge in [-0.25, -0.2) is 0 Å². The van der Waals surface area contributed by atoms with Gasteiger partial charge in [0.05, 0.1) is 0 Å². The largest absolute Gasteiger partial charge is 0.352 e. The van der Waals surface area contributed by atoms with E-state index in [4.69, 9.17) is 21.1 Å². The number of rotatable bonds is 8. The first-order valence-corrected chi connectivity index (χ1v) is 6.77. The molecule has 18 heavy (non-hydrogen) atoms. The Bertz CT molecular complexity index is 340. The topological polar surface area (TPSA) is 30.5 Å². The Kier molecular flexibility index (Phi) is 7.28. The van der Waals surface area contributed by atoms with E-state index in [1.807, 2.05) is 32.0 Å². The third kappa shape index (κ3) is 5.36. The second-order valence-corrected chi connectivity index (χ2v) is 4.46. The predicted octanol–water partition coefficient (Wildman–Crippen LogP) is 3.39. The number of ether oxygens (including phenoxy) is 2. The van der Waals surface area contributed by atoms with Gasteiger partial charge in [0.1, 0.15) is 0 Å². The minimum Gasteiger partial charge on any atom is -0.352 e. The van der Waals surface area contributed by atoms with E-state index in [9.17, 15) is 0 Å². The molecule has 1 aromatic carbocycles. The molecule has 1 unspecified atom stereocenters. The molecule has 1 rings (SSSR count). The van der Waals surface area contributed by atoms with Crippen molar-refractivity contribution in [2.24, 2.45) is 0 Å². The molecule has 0 spiro atoms. The maximum atomic E-state index is 5.97. The lowest BCUT2D eigenvalue weighted by Gasteiger charge is -2.21. The number of nitrogens with one attached hydrogen (secondary N) is 1. The Labute approximate surface area is 114 Å². The number of benzene rings is 1. The molecule has 102 valence electrons. The quantitative estimate of drug-likeness (QED) is 0.735. The first kappa shape index (κ1) is 15.4. The summed E-state index contributed by atoms with van der Waals surface area (Å²) in [5, 5.41) is 4.14. The molecule has 1 aromatic rings. The molecule has 4 heteroatoms. The van der Waals surface area contributed by atoms with Gasteiger partial charge in [-0.05, 0) is 38.5 Å². The third-order valence-electron chi connectivity index (χ3n) is 2.64. The number of halogens is 1. The summed E-state index contributed by atoms with van der Waals surface area (Å²) in [6, 6.07) is 8.07. The number of hydrogen-bond donors (Lipinski definition) is 1. The van der Waals surface area contributed by atoms with Gasteiger partial charge in [0.15, 0.2) is 6.29 Å². The van der Waals surface area contributed by atoms with Gasteiger partial charge < -0.3 is 14.8 Å². The van der Waals surface area contributed by atoms with Gasteiger partial charge >= 0.3 is 0 Å². The summed E-state index contributed by atoms with van der Waals surface area (Å²) in [5.41, 5.74) is 1.16. The second-order valence-electron chi connectivity index (χ2n) is 4.03. The van der Waals surface area contributed by atoms with Crippen LogP contribution in [0, 0.1) is 0 Å². The zero-order chi connectivity index (χ0) is 13.4. The van der Waals surface area contributed by atoms with E-state index >= 15 is 0 Å². The van der Waals surface area contributed by atoms with E-state index in [1.165, 1.54) is 0 Å². The lowest BCUT2D eigenvalue weighted by molar-refractivity contribution is -0.133. The highest BCUT2D eigenvalue weighted by molar-refractivity contribution is 6.30. The summed E-state index contributed by atoms with van der Waals surface area (Å²) in [7, 11) is 0. The van der Waals surface area contributed by atoms with Gasteiger partial charge in [-0.1, -0.05) is 23.7 Å². The van der Waals surface area contributed by atoms with Gasteiger partial charge in [-0.3, -0.25) is 0 Å². The Hall–Kier alpha value is -0.610. The van der Waals surface area contributed by atoms with Crippen molar-refractivity contribution >= 4 is 11.6 Å². The zero-order valence-electron chi connectivity index (χ0n) is 11.3. The van der Waals surface area contributed by atoms with Crippen molar-refractivity contribution in [1.82, 2.24) is 5.32 Å². The van der Waals surface area contributed by atoms with Crippen molar-refractivity contribution in [3.63, 3.8) is 0 Å². The fourth-order valence-electron chi connectivity index (χ4n) is 1.70. The summed E-state index contributed by atoms with van der Waals surface area (Å²) >= 11 is 5.97. The SMILES string of the molecule is CCOC(CNC(C)c1cccc(Cl)c1)OCC. The van der Waals surface area contributed by atoms with Crippen molar-refractivity contribution in [1.29, 1.82) is 0 Å². The summed E-state index contributed by atoms with van der Waals surface area (Å²) in [6.07, 6.45) is -0.193. The molecule has 0 radical (unpaired) electrons. The molecule has 0 amide bonds. The molecule has 0 fully saturated rings. The molecular weight excluding hydrogens is 250 g/mol. The normalized spacial score (nSPS) is 12.9. The van der Waals surface area contributed by atoms with Crippen LogP contribution in [0.2, 0.25) is 5.02 Å². The first-order chi connectivity index (χ1) is 8.67. The van der Waals surface area contributed by atoms with Crippen LogP contribution in [0.3, 0.4) is 0 Å². The molecule has 0 aliphatic heterocycles. The minimum absolute atomic E-state index is 0.193. The van der Waals surface area contributed by atoms with Crippen LogP contribution in [-0.4, -0.2) is 26.0 Å². The molecule has 0 aromatic heterocycles. The summed E-state index contributed by atoms with van der Waals surface area (Å²) in [4.78, 5) is 0. The predicted molar refractivity (Wildman–Crippen MR) is 74.9 cm³/mol. The monoisotopic (exact) mass is 271 g/mol. The lowest BCUT2D eigenvalue weighted by atomic mass is 10.1. The van der Waals surface area contributed by atoms with Gasteiger partial charge in [0, 0.05) is 30.8 Å². The van der Waals surface area contributed by atoms with E-state index in [1.54, 1.807) is 0 Å². The highest BCUT2D eigenvalue weighted by Crippen LogP contribution is 2.17. The van der Waals surface area contributed by atoms with E-state index in [0.29, 0.717) is 19.8 Å². The van der Waals surface area contributed by atoms with Crippen LogP contribution in [0.15, 0.2) is 24.3 Å². The van der Waals surface area contributed by atoms with Crippen LogP contribution >= 0.6 is 11.6 Å². The smallest absolute Gasteiger partial charge is 0.169 e. The van der Waals surface area contributed by atoms with Crippen molar-refractivity contribution < 1.29 is 9.47 Å². The van der Waals surface area contributed by atoms with Crippen LogP contribution in [-0.2, 0) is 9.47 Å². The first-order valence-electron chi connectivity index (χ1n) is 6.39. The Morgan fingerprint density at radius 1 is 1.22 bits per heavy atom. The van der Waals surface area contributed by atoms with Crippen LogP contribution < -0.4 is 5.32 Å². The molecule has 0 aliphatic rings. The van der Waals surface area contributed by atoms with E-state index < -0.39 is 0 Å². The van der Waals surface area contributed by atoms with E-state index in [-0.39, 0.29) is 12.3 Å². The maximum Gasteiger partial charge on any atom is 0.169 e. The average Bonchev–Trinajstić information content (AvgIpc) is 2.36. The Balaban J connectivity index is 2.46. The maximum absolute atomic E-state index is 5.97. The Morgan fingerprint density at radius 2 is 1.89 bits per heavy atom. The molecule has 3 nitrogen and oxygen atoms in total. The van der Waals surface area contributed by atoms with Gasteiger partial charge in [-0.2, -0.15) is 0 Å². The van der Waals surface area contributed by atoms with Gasteiger partial charge in [0.2, 0.25) is 0 Å². The lowest BCUT2D eigenvalue weighted by Crippen LogP contribution is -2.33. The number of hydrogen-bond acceptors (Lipinski definition) is 3. The summed E-state index contributed by atoms with van der Waals surface area (Å²) < 4.78 is 11.0. The van der Waals surface area contributed by atoms with Crippen LogP contribution in [0.4, 0.5) is 0 Å². The van der Waals surface area contributed by atoms with Gasteiger partial charge in [0.25, 0.3) is 0 Å². The van der Waals surface area contributed by atoms with Crippen molar-refractivity contribution in [2.75, 3.05) is 19.8 Å². The molecule has 0 saturated heterocycles. The van der Waals surface area contributed by atoms with E-state index in [0.717, 1.165) is 10.6 Å². The minimum atomic E-state index is -0.193. The molecule has 0 saturated carbocycles. The standard InChI is InChI=1S/C14H22ClNO2/c1-4-17-14(18-5-2)10-16-11(3)12-7-6-8-13(15)9-12/h6-9,11,14,16H,4-5,10H2,1-3H3. The van der Waals surface area contributed by atoms with Crippen molar-refractivity contribution in [2.45, 2.75) is 33.1 Å². The van der Waals surface area contributed by atoms with Crippen LogP contribution in [0.5, 0.6) is 0 Å². The van der Waals surface area contributed by atoms with Crippen LogP contribution in [0.25, 0.3) is 0 Å². The van der Waals surface area contributed by atoms with Crippen LogP contribution in [0.1, 0.15) is 32.4 Å². The molecule has 1 atom stereocenters. The van der Waals surface area contributed by atoms with Gasteiger partial charge in [-0.15, -0.1) is 0 Å². The third-order valence-corrected chi connectivity index (χ3v) is 2.88. The van der Waals surface area contributed by atoms with E-state index in [2.05, 4.69) is 18.3 Å². The zero-order valence-corrected chi connectivity index (χ0v) is 12.0. The highest BCUT2D eigenvalue weighted by Gasteiger charge is 2.11. The summed E-state index contributed by atoms with van der Waals surface area (Å²) in [6.45, 7) is 7.99. The molecule has 1 N–H and O–H groups in total. The molecular formula is C14H22ClNO2. The average molecular weight is 272 g/mol. The fraction of sp³-hybridized carbons (Fsp3) is 0.571.